The van der Waals surface area contributed by atoms with Crippen molar-refractivity contribution in [1.29, 1.82) is 0 Å². The van der Waals surface area contributed by atoms with Crippen LogP contribution in [0.5, 0.6) is 0 Å². The van der Waals surface area contributed by atoms with Crippen LogP contribution in [0.2, 0.25) is 0 Å². The summed E-state index contributed by atoms with van der Waals surface area (Å²) in [5.41, 5.74) is 6.08. The summed E-state index contributed by atoms with van der Waals surface area (Å²) in [6.45, 7) is 8.72. The van der Waals surface area contributed by atoms with Gasteiger partial charge in [-0.15, -0.1) is 0 Å². The van der Waals surface area contributed by atoms with E-state index < -0.39 is 0 Å². The maximum absolute atomic E-state index is 5.61. The van der Waals surface area contributed by atoms with Crippen LogP contribution >= 0.6 is 0 Å². The molecule has 0 spiro atoms. The normalized spacial score (nSPS) is 14.2. The number of anilines is 1. The molecule has 6 heterocycles. The molecule has 0 radical (unpaired) electrons. The van der Waals surface area contributed by atoms with E-state index in [4.69, 9.17) is 25.0 Å². The summed E-state index contributed by atoms with van der Waals surface area (Å²) < 4.78 is 11.4. The van der Waals surface area contributed by atoms with Crippen molar-refractivity contribution >= 4 is 11.5 Å². The molecule has 0 aromatic carbocycles. The molecule has 1 saturated heterocycles. The standard InChI is InChI=1S/C27H32N10O/c1-19-6-5-7-21(28-19)22-8-9-36(30-22)25-18-27(34-12-14-38-15-13-34)37-26(29-25)17-24(32-37)23-16-20(2)35(31-23)11-10-33(3)4/h5-9,16-18H,10-15H2,1-4H3. The molecule has 0 amide bonds. The molecule has 11 nitrogen and oxygen atoms in total. The van der Waals surface area contributed by atoms with Gasteiger partial charge in [0.25, 0.3) is 0 Å². The third kappa shape index (κ3) is 4.77. The summed E-state index contributed by atoms with van der Waals surface area (Å²) >= 11 is 0. The number of morpholine rings is 1. The van der Waals surface area contributed by atoms with Crippen LogP contribution in [0.3, 0.4) is 0 Å². The van der Waals surface area contributed by atoms with Crippen LogP contribution in [0.25, 0.3) is 34.2 Å². The van der Waals surface area contributed by atoms with E-state index >= 15 is 0 Å². The lowest BCUT2D eigenvalue weighted by atomic mass is 10.2. The van der Waals surface area contributed by atoms with Gasteiger partial charge >= 0.3 is 0 Å². The molecule has 0 unspecified atom stereocenters. The third-order valence-corrected chi connectivity index (χ3v) is 6.71. The molecule has 1 aliphatic rings. The maximum Gasteiger partial charge on any atom is 0.160 e. The molecule has 11 heteroatoms. The Kier molecular flexibility index (Phi) is 6.38. The van der Waals surface area contributed by atoms with E-state index in [9.17, 15) is 0 Å². The number of rotatable bonds is 7. The molecular weight excluding hydrogens is 480 g/mol. The number of nitrogens with zero attached hydrogens (tertiary/aromatic N) is 10. The molecule has 1 fully saturated rings. The highest BCUT2D eigenvalue weighted by atomic mass is 16.5. The van der Waals surface area contributed by atoms with Crippen molar-refractivity contribution in [2.75, 3.05) is 51.8 Å². The first kappa shape index (κ1) is 24.3. The van der Waals surface area contributed by atoms with Crippen molar-refractivity contribution in [2.45, 2.75) is 20.4 Å². The lowest BCUT2D eigenvalue weighted by molar-refractivity contribution is 0.122. The Morgan fingerprint density at radius 2 is 1.68 bits per heavy atom. The molecule has 1 aliphatic heterocycles. The summed E-state index contributed by atoms with van der Waals surface area (Å²) in [5, 5.41) is 14.6. The van der Waals surface area contributed by atoms with Crippen LogP contribution in [-0.2, 0) is 11.3 Å². The lowest BCUT2D eigenvalue weighted by Gasteiger charge is -2.29. The van der Waals surface area contributed by atoms with Crippen molar-refractivity contribution in [3.05, 3.63) is 60.0 Å². The number of hydrogen-bond donors (Lipinski definition) is 0. The van der Waals surface area contributed by atoms with Gasteiger partial charge in [-0.3, -0.25) is 9.67 Å². The third-order valence-electron chi connectivity index (χ3n) is 6.71. The van der Waals surface area contributed by atoms with E-state index in [-0.39, 0.29) is 0 Å². The molecule has 6 rings (SSSR count). The minimum atomic E-state index is 0.674. The smallest absolute Gasteiger partial charge is 0.160 e. The molecular formula is C27H32N10O. The number of fused-ring (bicyclic) bond motifs is 1. The number of likely N-dealkylation sites (N-methyl/N-ethyl adjacent to an activating group) is 1. The fourth-order valence-electron chi connectivity index (χ4n) is 4.64. The van der Waals surface area contributed by atoms with Gasteiger partial charge in [0.15, 0.2) is 11.5 Å². The second-order valence-electron chi connectivity index (χ2n) is 9.88. The van der Waals surface area contributed by atoms with Crippen molar-refractivity contribution in [3.8, 4) is 28.6 Å². The zero-order valence-corrected chi connectivity index (χ0v) is 22.2. The number of aryl methyl sites for hydroxylation is 2. The van der Waals surface area contributed by atoms with Gasteiger partial charge in [-0.1, -0.05) is 6.07 Å². The molecule has 0 atom stereocenters. The highest BCUT2D eigenvalue weighted by Gasteiger charge is 2.20. The number of ether oxygens (including phenoxy) is 1. The Morgan fingerprint density at radius 3 is 2.47 bits per heavy atom. The van der Waals surface area contributed by atoms with Crippen LogP contribution in [0.4, 0.5) is 5.82 Å². The molecule has 0 aliphatic carbocycles. The zero-order chi connectivity index (χ0) is 26.2. The molecule has 5 aromatic rings. The van der Waals surface area contributed by atoms with Gasteiger partial charge in [0, 0.05) is 49.4 Å². The van der Waals surface area contributed by atoms with Gasteiger partial charge in [-0.05, 0) is 52.2 Å². The monoisotopic (exact) mass is 512 g/mol. The van der Waals surface area contributed by atoms with Gasteiger partial charge in [0.05, 0.1) is 25.5 Å². The predicted molar refractivity (Wildman–Crippen MR) is 146 cm³/mol. The Bertz CT molecular complexity index is 1570. The van der Waals surface area contributed by atoms with Crippen LogP contribution in [0, 0.1) is 13.8 Å². The number of pyridine rings is 1. The van der Waals surface area contributed by atoms with Crippen LogP contribution in [0.15, 0.2) is 48.7 Å². The zero-order valence-electron chi connectivity index (χ0n) is 22.2. The highest BCUT2D eigenvalue weighted by molar-refractivity contribution is 5.65. The van der Waals surface area contributed by atoms with Crippen molar-refractivity contribution < 1.29 is 4.74 Å². The summed E-state index contributed by atoms with van der Waals surface area (Å²) in [6.07, 6.45) is 1.92. The van der Waals surface area contributed by atoms with Crippen LogP contribution < -0.4 is 4.90 Å². The van der Waals surface area contributed by atoms with Gasteiger partial charge in [-0.2, -0.15) is 19.8 Å². The summed E-state index contributed by atoms with van der Waals surface area (Å²) in [6, 6.07) is 14.0. The first-order chi connectivity index (χ1) is 18.4. The minimum absolute atomic E-state index is 0.674. The SMILES string of the molecule is Cc1cccc(-c2ccn(-c3cc(N4CCOCC4)n4nc(-c5cc(C)n(CCN(C)C)n5)cc4n3)n2)n1. The molecule has 0 bridgehead atoms. The predicted octanol–water partition coefficient (Wildman–Crippen LogP) is 2.86. The van der Waals surface area contributed by atoms with Gasteiger partial charge < -0.3 is 14.5 Å². The van der Waals surface area contributed by atoms with Crippen molar-refractivity contribution in [3.63, 3.8) is 0 Å². The topological polar surface area (TPSA) is 94.4 Å². The molecule has 5 aromatic heterocycles. The average molecular weight is 513 g/mol. The summed E-state index contributed by atoms with van der Waals surface area (Å²) in [5.74, 6) is 1.67. The second-order valence-corrected chi connectivity index (χ2v) is 9.88. The second kappa shape index (κ2) is 9.99. The van der Waals surface area contributed by atoms with E-state index in [1.807, 2.05) is 58.7 Å². The number of aromatic nitrogens is 8. The molecule has 196 valence electrons. The van der Waals surface area contributed by atoms with E-state index in [0.717, 1.165) is 77.6 Å². The van der Waals surface area contributed by atoms with Crippen molar-refractivity contribution in [1.82, 2.24) is 44.0 Å². The van der Waals surface area contributed by atoms with Crippen LogP contribution in [0.1, 0.15) is 11.4 Å². The Hall–Kier alpha value is -4.09. The Labute approximate surface area is 221 Å². The van der Waals surface area contributed by atoms with E-state index in [2.05, 4.69) is 41.9 Å². The van der Waals surface area contributed by atoms with Gasteiger partial charge in [-0.25, -0.2) is 9.67 Å². The lowest BCUT2D eigenvalue weighted by Crippen LogP contribution is -2.37. The Morgan fingerprint density at radius 1 is 0.868 bits per heavy atom. The number of hydrogen-bond acceptors (Lipinski definition) is 8. The molecule has 0 saturated carbocycles. The van der Waals surface area contributed by atoms with E-state index in [1.165, 1.54) is 0 Å². The van der Waals surface area contributed by atoms with Gasteiger partial charge in [0.1, 0.15) is 22.9 Å². The van der Waals surface area contributed by atoms with Crippen molar-refractivity contribution in [2.24, 2.45) is 0 Å². The maximum atomic E-state index is 5.61. The summed E-state index contributed by atoms with van der Waals surface area (Å²) in [7, 11) is 4.14. The fraction of sp³-hybridized carbons (Fsp3) is 0.370. The van der Waals surface area contributed by atoms with E-state index in [0.29, 0.717) is 13.2 Å². The molecule has 38 heavy (non-hydrogen) atoms. The average Bonchev–Trinajstić information content (AvgIpc) is 3.65. The highest BCUT2D eigenvalue weighted by Crippen LogP contribution is 2.26. The Balaban J connectivity index is 1.41. The largest absolute Gasteiger partial charge is 0.378 e. The fourth-order valence-corrected chi connectivity index (χ4v) is 4.64. The van der Waals surface area contributed by atoms with E-state index in [1.54, 1.807) is 4.68 Å². The van der Waals surface area contributed by atoms with Crippen LogP contribution in [-0.4, -0.2) is 91.0 Å². The first-order valence-corrected chi connectivity index (χ1v) is 12.9. The van der Waals surface area contributed by atoms with Gasteiger partial charge in [0.2, 0.25) is 0 Å². The molecule has 0 N–H and O–H groups in total. The quantitative estimate of drug-likeness (QED) is 0.329. The summed E-state index contributed by atoms with van der Waals surface area (Å²) in [4.78, 5) is 14.0. The minimum Gasteiger partial charge on any atom is -0.378 e. The first-order valence-electron chi connectivity index (χ1n) is 12.9.